The molecule has 0 radical (unpaired) electrons. The van der Waals surface area contributed by atoms with E-state index in [2.05, 4.69) is 61.5 Å². The molecule has 1 nitrogen and oxygen atoms in total. The minimum Gasteiger partial charge on any atom is -0.492 e. The fourth-order valence-corrected chi connectivity index (χ4v) is 4.75. The second kappa shape index (κ2) is 10.4. The van der Waals surface area contributed by atoms with E-state index in [4.69, 9.17) is 16.3 Å². The van der Waals surface area contributed by atoms with Gasteiger partial charge in [-0.1, -0.05) is 79.6 Å². The smallest absolute Gasteiger partial charge is 0.153 e. The first-order chi connectivity index (χ1) is 15.6. The van der Waals surface area contributed by atoms with E-state index < -0.39 is 0 Å². The minimum atomic E-state index is -0.378. The van der Waals surface area contributed by atoms with E-state index in [0.29, 0.717) is 23.8 Å². The van der Waals surface area contributed by atoms with Gasteiger partial charge >= 0.3 is 0 Å². The highest BCUT2D eigenvalue weighted by Gasteiger charge is 2.21. The zero-order chi connectivity index (χ0) is 22.5. The summed E-state index contributed by atoms with van der Waals surface area (Å²) in [5.41, 5.74) is 6.87. The average Bonchev–Trinajstić information content (AvgIpc) is 2.83. The first-order valence-electron chi connectivity index (χ1n) is 11.6. The molecule has 4 rings (SSSR count). The summed E-state index contributed by atoms with van der Waals surface area (Å²) >= 11 is 6.18. The maximum atomic E-state index is 14.8. The lowest BCUT2D eigenvalue weighted by Gasteiger charge is -2.23. The van der Waals surface area contributed by atoms with Crippen molar-refractivity contribution in [2.75, 3.05) is 6.61 Å². The molecule has 1 aliphatic rings. The highest BCUT2D eigenvalue weighted by molar-refractivity contribution is 6.32. The molecule has 0 aromatic heterocycles. The van der Waals surface area contributed by atoms with Gasteiger partial charge in [-0.3, -0.25) is 0 Å². The summed E-state index contributed by atoms with van der Waals surface area (Å²) in [5.74, 6) is 0.488. The van der Waals surface area contributed by atoms with Crippen LogP contribution in [0, 0.1) is 5.82 Å². The molecular formula is C29H30ClFO. The summed E-state index contributed by atoms with van der Waals surface area (Å²) in [6, 6.07) is 21.4. The molecule has 0 N–H and O–H groups in total. The first-order valence-corrected chi connectivity index (χ1v) is 12.0. The summed E-state index contributed by atoms with van der Waals surface area (Å²) in [7, 11) is 0. The Hall–Kier alpha value is -2.58. The molecule has 0 saturated heterocycles. The molecule has 3 heteroatoms. The average molecular weight is 449 g/mol. The molecular weight excluding hydrogens is 419 g/mol. The van der Waals surface area contributed by atoms with Crippen molar-refractivity contribution in [2.45, 2.75) is 51.9 Å². The molecule has 0 aliphatic heterocycles. The van der Waals surface area contributed by atoms with E-state index in [1.54, 1.807) is 12.1 Å². The zero-order valence-corrected chi connectivity index (χ0v) is 19.6. The Bertz CT molecular complexity index is 1080. The highest BCUT2D eigenvalue weighted by Crippen LogP contribution is 2.40. The molecule has 0 fully saturated rings. The lowest BCUT2D eigenvalue weighted by Crippen LogP contribution is -2.05. The summed E-state index contributed by atoms with van der Waals surface area (Å²) in [4.78, 5) is 0. The van der Waals surface area contributed by atoms with Gasteiger partial charge in [-0.15, -0.1) is 0 Å². The van der Waals surface area contributed by atoms with Gasteiger partial charge in [0.1, 0.15) is 10.8 Å². The number of allylic oxidation sites excluding steroid dienone is 2. The maximum Gasteiger partial charge on any atom is 0.153 e. The van der Waals surface area contributed by atoms with Crippen LogP contribution in [0.3, 0.4) is 0 Å². The number of ether oxygens (including phenoxy) is 1. The van der Waals surface area contributed by atoms with Crippen molar-refractivity contribution in [3.05, 3.63) is 94.3 Å². The number of benzene rings is 3. The van der Waals surface area contributed by atoms with Crippen LogP contribution < -0.4 is 4.74 Å². The third-order valence-electron chi connectivity index (χ3n) is 6.31. The molecule has 0 spiro atoms. The van der Waals surface area contributed by atoms with Crippen molar-refractivity contribution >= 4 is 17.2 Å². The normalized spacial score (nSPS) is 16.0. The Morgan fingerprint density at radius 1 is 0.938 bits per heavy atom. The largest absolute Gasteiger partial charge is 0.492 e. The van der Waals surface area contributed by atoms with Crippen molar-refractivity contribution < 1.29 is 9.13 Å². The van der Waals surface area contributed by atoms with Crippen molar-refractivity contribution in [1.29, 1.82) is 0 Å². The Labute approximate surface area is 195 Å². The SMILES string of the molecule is CCCc1ccc(-c2ccc(C3CC=C(c4ccc(OCC)c(Cl)c4F)CC3)cc2)cc1. The van der Waals surface area contributed by atoms with Crippen molar-refractivity contribution in [1.82, 2.24) is 0 Å². The summed E-state index contributed by atoms with van der Waals surface area (Å²) < 4.78 is 20.2. The van der Waals surface area contributed by atoms with Gasteiger partial charge in [-0.2, -0.15) is 0 Å². The van der Waals surface area contributed by atoms with Gasteiger partial charge in [0.2, 0.25) is 0 Å². The molecule has 166 valence electrons. The van der Waals surface area contributed by atoms with E-state index in [1.165, 1.54) is 28.7 Å². The lowest BCUT2D eigenvalue weighted by atomic mass is 9.82. The lowest BCUT2D eigenvalue weighted by molar-refractivity contribution is 0.338. The predicted molar refractivity (Wildman–Crippen MR) is 133 cm³/mol. The molecule has 1 atom stereocenters. The molecule has 1 aliphatic carbocycles. The fourth-order valence-electron chi connectivity index (χ4n) is 4.53. The maximum absolute atomic E-state index is 14.8. The van der Waals surface area contributed by atoms with Crippen LogP contribution in [-0.2, 0) is 6.42 Å². The third-order valence-corrected chi connectivity index (χ3v) is 6.66. The Morgan fingerprint density at radius 3 is 2.22 bits per heavy atom. The van der Waals surface area contributed by atoms with Gasteiger partial charge in [0.15, 0.2) is 5.82 Å². The molecule has 0 amide bonds. The Morgan fingerprint density at radius 2 is 1.62 bits per heavy atom. The number of rotatable bonds is 7. The number of aryl methyl sites for hydroxylation is 1. The first kappa shape index (κ1) is 22.6. The van der Waals surface area contributed by atoms with Crippen molar-refractivity contribution in [2.24, 2.45) is 0 Å². The van der Waals surface area contributed by atoms with Crippen LogP contribution in [0.25, 0.3) is 16.7 Å². The second-order valence-corrected chi connectivity index (χ2v) is 8.82. The predicted octanol–water partition coefficient (Wildman–Crippen LogP) is 8.85. The number of halogens is 2. The summed E-state index contributed by atoms with van der Waals surface area (Å²) in [5, 5.41) is 0.0747. The van der Waals surface area contributed by atoms with Crippen LogP contribution in [-0.4, -0.2) is 6.61 Å². The Balaban J connectivity index is 1.45. The van der Waals surface area contributed by atoms with Crippen LogP contribution in [0.5, 0.6) is 5.75 Å². The minimum absolute atomic E-state index is 0.0747. The topological polar surface area (TPSA) is 9.23 Å². The van der Waals surface area contributed by atoms with E-state index in [-0.39, 0.29) is 10.8 Å². The van der Waals surface area contributed by atoms with Gasteiger partial charge in [-0.25, -0.2) is 4.39 Å². The molecule has 0 bridgehead atoms. The van der Waals surface area contributed by atoms with Crippen molar-refractivity contribution in [3.8, 4) is 16.9 Å². The van der Waals surface area contributed by atoms with Crippen LogP contribution in [0.4, 0.5) is 4.39 Å². The Kier molecular flexibility index (Phi) is 7.32. The van der Waals surface area contributed by atoms with Gasteiger partial charge in [0.05, 0.1) is 6.61 Å². The van der Waals surface area contributed by atoms with E-state index in [0.717, 1.165) is 31.3 Å². The van der Waals surface area contributed by atoms with Crippen molar-refractivity contribution in [3.63, 3.8) is 0 Å². The molecule has 0 saturated carbocycles. The zero-order valence-electron chi connectivity index (χ0n) is 18.8. The van der Waals surface area contributed by atoms with Gasteiger partial charge in [0, 0.05) is 5.56 Å². The highest BCUT2D eigenvalue weighted by atomic mass is 35.5. The van der Waals surface area contributed by atoms with Crippen LogP contribution in [0.15, 0.2) is 66.7 Å². The molecule has 32 heavy (non-hydrogen) atoms. The van der Waals surface area contributed by atoms with Gasteiger partial charge in [-0.05, 0) is 78.5 Å². The number of hydrogen-bond donors (Lipinski definition) is 0. The quantitative estimate of drug-likeness (QED) is 0.350. The number of hydrogen-bond acceptors (Lipinski definition) is 1. The van der Waals surface area contributed by atoms with E-state index >= 15 is 0 Å². The van der Waals surface area contributed by atoms with E-state index in [1.807, 2.05) is 6.92 Å². The van der Waals surface area contributed by atoms with Crippen LogP contribution in [0.2, 0.25) is 5.02 Å². The van der Waals surface area contributed by atoms with E-state index in [9.17, 15) is 4.39 Å². The monoisotopic (exact) mass is 448 g/mol. The van der Waals surface area contributed by atoms with Crippen LogP contribution in [0.1, 0.15) is 62.1 Å². The molecule has 0 heterocycles. The molecule has 3 aromatic carbocycles. The standard InChI is InChI=1S/C29H30ClFO/c1-3-5-20-6-8-21(9-7-20)22-10-12-23(13-11-22)24-14-16-25(17-15-24)26-18-19-27(32-4-2)28(30)29(26)31/h6-13,16,18-19,24H,3-5,14-15,17H2,1-2H3. The van der Waals surface area contributed by atoms with Gasteiger partial charge in [0.25, 0.3) is 0 Å². The summed E-state index contributed by atoms with van der Waals surface area (Å²) in [6.45, 7) is 4.54. The van der Waals surface area contributed by atoms with Gasteiger partial charge < -0.3 is 4.74 Å². The third kappa shape index (κ3) is 4.91. The molecule has 1 unspecified atom stereocenters. The summed E-state index contributed by atoms with van der Waals surface area (Å²) in [6.07, 6.45) is 7.22. The molecule has 3 aromatic rings. The fraction of sp³-hybridized carbons (Fsp3) is 0.310. The second-order valence-electron chi connectivity index (χ2n) is 8.44. The van der Waals surface area contributed by atoms with Crippen LogP contribution >= 0.6 is 11.6 Å².